The molecule has 3 rings (SSSR count). The Morgan fingerprint density at radius 1 is 1.33 bits per heavy atom. The van der Waals surface area contributed by atoms with E-state index >= 15 is 0 Å². The highest BCUT2D eigenvalue weighted by Crippen LogP contribution is 2.39. The molecule has 21 heavy (non-hydrogen) atoms. The molecule has 1 N–H and O–H groups in total. The Labute approximate surface area is 122 Å². The van der Waals surface area contributed by atoms with Gasteiger partial charge in [0.1, 0.15) is 5.56 Å². The first kappa shape index (κ1) is 13.6. The summed E-state index contributed by atoms with van der Waals surface area (Å²) < 4.78 is 1.48. The number of hydrogen-bond acceptors (Lipinski definition) is 2. The van der Waals surface area contributed by atoms with Crippen molar-refractivity contribution in [1.82, 2.24) is 4.57 Å². The molecule has 0 fully saturated rings. The standard InChI is InChI=1S/C17H17NO3/c1-9-4-5-11-7-10(2)12-8-14(17(20)21)16(19)18(3)15(12)13(11)6-9/h4-6,8,10H,7H2,1-3H3,(H,20,21)/t10-/m0/s1. The Bertz CT molecular complexity index is 818. The lowest BCUT2D eigenvalue weighted by Crippen LogP contribution is -2.29. The van der Waals surface area contributed by atoms with Crippen molar-refractivity contribution in [3.05, 3.63) is 56.9 Å². The molecule has 1 aliphatic rings. The molecule has 1 aromatic carbocycles. The Balaban J connectivity index is 2.40. The van der Waals surface area contributed by atoms with Crippen molar-refractivity contribution >= 4 is 5.97 Å². The van der Waals surface area contributed by atoms with Gasteiger partial charge in [-0.3, -0.25) is 4.79 Å². The average Bonchev–Trinajstić information content (AvgIpc) is 2.42. The summed E-state index contributed by atoms with van der Waals surface area (Å²) in [7, 11) is 1.65. The molecule has 108 valence electrons. The van der Waals surface area contributed by atoms with Crippen molar-refractivity contribution in [3.8, 4) is 11.3 Å². The van der Waals surface area contributed by atoms with Crippen molar-refractivity contribution in [1.29, 1.82) is 0 Å². The Morgan fingerprint density at radius 3 is 2.71 bits per heavy atom. The van der Waals surface area contributed by atoms with Crippen molar-refractivity contribution in [2.24, 2.45) is 7.05 Å². The minimum atomic E-state index is -1.17. The maximum atomic E-state index is 12.3. The Hall–Kier alpha value is -2.36. The van der Waals surface area contributed by atoms with Gasteiger partial charge in [-0.05, 0) is 42.5 Å². The lowest BCUT2D eigenvalue weighted by molar-refractivity contribution is 0.0694. The highest BCUT2D eigenvalue weighted by atomic mass is 16.4. The van der Waals surface area contributed by atoms with E-state index in [9.17, 15) is 14.7 Å². The molecule has 0 saturated carbocycles. The molecule has 0 spiro atoms. The zero-order valence-corrected chi connectivity index (χ0v) is 12.3. The highest BCUT2D eigenvalue weighted by molar-refractivity contribution is 5.88. The highest BCUT2D eigenvalue weighted by Gasteiger charge is 2.27. The maximum Gasteiger partial charge on any atom is 0.341 e. The SMILES string of the molecule is Cc1ccc2c(c1)-c1c(cc(C(=O)O)c(=O)n1C)[C@@H](C)C2. The van der Waals surface area contributed by atoms with E-state index in [1.807, 2.05) is 6.92 Å². The fourth-order valence-electron chi connectivity index (χ4n) is 3.16. The number of carbonyl (C=O) groups is 1. The number of aryl methyl sites for hydroxylation is 1. The predicted octanol–water partition coefficient (Wildman–Crippen LogP) is 2.72. The van der Waals surface area contributed by atoms with Crippen LogP contribution in [0.15, 0.2) is 29.1 Å². The van der Waals surface area contributed by atoms with Crippen molar-refractivity contribution in [2.45, 2.75) is 26.2 Å². The van der Waals surface area contributed by atoms with Gasteiger partial charge >= 0.3 is 5.97 Å². The molecule has 0 radical (unpaired) electrons. The number of carboxylic acid groups (broad SMARTS) is 1. The van der Waals surface area contributed by atoms with Crippen LogP contribution in [0.4, 0.5) is 0 Å². The van der Waals surface area contributed by atoms with Gasteiger partial charge in [0.2, 0.25) is 0 Å². The van der Waals surface area contributed by atoms with Crippen LogP contribution in [0.5, 0.6) is 0 Å². The molecule has 2 aromatic rings. The van der Waals surface area contributed by atoms with Crippen LogP contribution in [0.3, 0.4) is 0 Å². The second-order valence-corrected chi connectivity index (χ2v) is 5.80. The van der Waals surface area contributed by atoms with E-state index in [4.69, 9.17) is 0 Å². The summed E-state index contributed by atoms with van der Waals surface area (Å²) >= 11 is 0. The monoisotopic (exact) mass is 283 g/mol. The van der Waals surface area contributed by atoms with Crippen LogP contribution >= 0.6 is 0 Å². The zero-order chi connectivity index (χ0) is 15.3. The van der Waals surface area contributed by atoms with E-state index in [1.54, 1.807) is 13.1 Å². The second kappa shape index (κ2) is 4.58. The normalized spacial score (nSPS) is 16.2. The third-order valence-corrected chi connectivity index (χ3v) is 4.25. The first-order chi connectivity index (χ1) is 9.90. The lowest BCUT2D eigenvalue weighted by Gasteiger charge is -2.27. The average molecular weight is 283 g/mol. The number of aromatic nitrogens is 1. The van der Waals surface area contributed by atoms with Gasteiger partial charge in [0.05, 0.1) is 5.69 Å². The quantitative estimate of drug-likeness (QED) is 0.875. The van der Waals surface area contributed by atoms with Gasteiger partial charge in [-0.1, -0.05) is 24.6 Å². The van der Waals surface area contributed by atoms with E-state index in [2.05, 4.69) is 25.1 Å². The number of rotatable bonds is 1. The van der Waals surface area contributed by atoms with Gasteiger partial charge < -0.3 is 9.67 Å². The smallest absolute Gasteiger partial charge is 0.341 e. The summed E-state index contributed by atoms with van der Waals surface area (Å²) in [5.41, 5.74) is 4.55. The van der Waals surface area contributed by atoms with Crippen LogP contribution in [-0.2, 0) is 13.5 Å². The molecule has 0 saturated heterocycles. The molecular weight excluding hydrogens is 266 g/mol. The van der Waals surface area contributed by atoms with E-state index in [-0.39, 0.29) is 11.5 Å². The molecule has 1 aliphatic carbocycles. The molecule has 4 nitrogen and oxygen atoms in total. The summed E-state index contributed by atoms with van der Waals surface area (Å²) in [6, 6.07) is 7.79. The minimum Gasteiger partial charge on any atom is -0.477 e. The van der Waals surface area contributed by atoms with Gasteiger partial charge in [0, 0.05) is 12.6 Å². The number of carboxylic acids is 1. The summed E-state index contributed by atoms with van der Waals surface area (Å²) in [6.45, 7) is 4.08. The van der Waals surface area contributed by atoms with Crippen LogP contribution in [0, 0.1) is 6.92 Å². The number of benzene rings is 1. The predicted molar refractivity (Wildman–Crippen MR) is 80.9 cm³/mol. The van der Waals surface area contributed by atoms with Gasteiger partial charge in [-0.2, -0.15) is 0 Å². The first-order valence-corrected chi connectivity index (χ1v) is 6.97. The Morgan fingerprint density at radius 2 is 2.05 bits per heavy atom. The number of pyridine rings is 1. The van der Waals surface area contributed by atoms with Crippen molar-refractivity contribution < 1.29 is 9.90 Å². The molecule has 1 atom stereocenters. The van der Waals surface area contributed by atoms with Gasteiger partial charge in [0.15, 0.2) is 0 Å². The van der Waals surface area contributed by atoms with Crippen LogP contribution in [0.25, 0.3) is 11.3 Å². The third kappa shape index (κ3) is 1.98. The number of aromatic carboxylic acids is 1. The van der Waals surface area contributed by atoms with Crippen molar-refractivity contribution in [3.63, 3.8) is 0 Å². The first-order valence-electron chi connectivity index (χ1n) is 6.97. The summed E-state index contributed by atoms with van der Waals surface area (Å²) in [5, 5.41) is 9.20. The molecule has 1 aromatic heterocycles. The molecule has 4 heteroatoms. The molecule has 0 bridgehead atoms. The lowest BCUT2D eigenvalue weighted by atomic mass is 9.81. The Kier molecular flexibility index (Phi) is 2.97. The van der Waals surface area contributed by atoms with Crippen LogP contribution in [0.1, 0.15) is 39.9 Å². The number of nitrogens with zero attached hydrogens (tertiary/aromatic N) is 1. The van der Waals surface area contributed by atoms with Crippen LogP contribution in [-0.4, -0.2) is 15.6 Å². The maximum absolute atomic E-state index is 12.3. The largest absolute Gasteiger partial charge is 0.477 e. The summed E-state index contributed by atoms with van der Waals surface area (Å²) in [4.78, 5) is 23.5. The minimum absolute atomic E-state index is 0.154. The summed E-state index contributed by atoms with van der Waals surface area (Å²) in [6.07, 6.45) is 0.861. The fourth-order valence-corrected chi connectivity index (χ4v) is 3.16. The van der Waals surface area contributed by atoms with E-state index in [0.29, 0.717) is 0 Å². The molecular formula is C17H17NO3. The van der Waals surface area contributed by atoms with Gasteiger partial charge in [-0.15, -0.1) is 0 Å². The van der Waals surface area contributed by atoms with E-state index in [1.165, 1.54) is 10.1 Å². The third-order valence-electron chi connectivity index (χ3n) is 4.25. The second-order valence-electron chi connectivity index (χ2n) is 5.80. The molecule has 0 aliphatic heterocycles. The van der Waals surface area contributed by atoms with Gasteiger partial charge in [-0.25, -0.2) is 4.79 Å². The summed E-state index contributed by atoms with van der Waals surface area (Å²) in [5.74, 6) is -0.972. The van der Waals surface area contributed by atoms with Crippen LogP contribution < -0.4 is 5.56 Å². The fraction of sp³-hybridized carbons (Fsp3) is 0.294. The topological polar surface area (TPSA) is 59.3 Å². The molecule has 1 heterocycles. The zero-order valence-electron chi connectivity index (χ0n) is 12.3. The van der Waals surface area contributed by atoms with Gasteiger partial charge in [0.25, 0.3) is 5.56 Å². The van der Waals surface area contributed by atoms with Crippen LogP contribution in [0.2, 0.25) is 0 Å². The molecule has 0 amide bonds. The van der Waals surface area contributed by atoms with E-state index in [0.717, 1.165) is 28.8 Å². The number of fused-ring (bicyclic) bond motifs is 3. The van der Waals surface area contributed by atoms with E-state index < -0.39 is 11.5 Å². The van der Waals surface area contributed by atoms with Crippen molar-refractivity contribution in [2.75, 3.05) is 0 Å². The number of hydrogen-bond donors (Lipinski definition) is 1. The molecule has 0 unspecified atom stereocenters.